The van der Waals surface area contributed by atoms with E-state index in [2.05, 4.69) is 30.1 Å². The molecule has 0 spiro atoms. The SMILES string of the molecule is CCc1nnc(OCCC(C)C)c(C#N)c1CC. The van der Waals surface area contributed by atoms with Gasteiger partial charge in [0.15, 0.2) is 0 Å². The van der Waals surface area contributed by atoms with E-state index in [4.69, 9.17) is 4.74 Å². The molecule has 0 unspecified atom stereocenters. The molecule has 0 fully saturated rings. The van der Waals surface area contributed by atoms with Crippen LogP contribution in [0.2, 0.25) is 0 Å². The van der Waals surface area contributed by atoms with Gasteiger partial charge in [-0.2, -0.15) is 10.4 Å². The molecule has 0 atom stereocenters. The number of nitrogens with zero attached hydrogens (tertiary/aromatic N) is 3. The van der Waals surface area contributed by atoms with E-state index in [1.807, 2.05) is 13.8 Å². The van der Waals surface area contributed by atoms with Crippen molar-refractivity contribution in [1.29, 1.82) is 5.26 Å². The lowest BCUT2D eigenvalue weighted by molar-refractivity contribution is 0.275. The molecule has 0 aromatic carbocycles. The summed E-state index contributed by atoms with van der Waals surface area (Å²) in [6.45, 7) is 8.89. The minimum atomic E-state index is 0.382. The molecular formula is C14H21N3O. The molecule has 1 heterocycles. The van der Waals surface area contributed by atoms with Crippen LogP contribution in [0.15, 0.2) is 0 Å². The highest BCUT2D eigenvalue weighted by atomic mass is 16.5. The van der Waals surface area contributed by atoms with E-state index < -0.39 is 0 Å². The van der Waals surface area contributed by atoms with Gasteiger partial charge in [0.2, 0.25) is 0 Å². The Hall–Kier alpha value is -1.63. The largest absolute Gasteiger partial charge is 0.476 e. The summed E-state index contributed by atoms with van der Waals surface area (Å²) in [6.07, 6.45) is 2.52. The first-order valence-electron chi connectivity index (χ1n) is 6.55. The van der Waals surface area contributed by atoms with Crippen LogP contribution in [0.4, 0.5) is 0 Å². The second-order valence-corrected chi connectivity index (χ2v) is 4.66. The van der Waals surface area contributed by atoms with Crippen molar-refractivity contribution in [3.8, 4) is 11.9 Å². The molecule has 1 aromatic rings. The van der Waals surface area contributed by atoms with Gasteiger partial charge in [-0.05, 0) is 30.7 Å². The third kappa shape index (κ3) is 3.43. The number of aryl methyl sites for hydroxylation is 1. The van der Waals surface area contributed by atoms with Crippen molar-refractivity contribution in [1.82, 2.24) is 10.2 Å². The van der Waals surface area contributed by atoms with E-state index in [1.165, 1.54) is 0 Å². The number of ether oxygens (including phenoxy) is 1. The van der Waals surface area contributed by atoms with Crippen molar-refractivity contribution in [2.45, 2.75) is 47.0 Å². The summed E-state index contributed by atoms with van der Waals surface area (Å²) in [7, 11) is 0. The van der Waals surface area contributed by atoms with E-state index in [1.54, 1.807) is 0 Å². The van der Waals surface area contributed by atoms with Crippen LogP contribution < -0.4 is 4.74 Å². The second kappa shape index (κ2) is 6.95. The minimum Gasteiger partial charge on any atom is -0.476 e. The van der Waals surface area contributed by atoms with Crippen LogP contribution in [0.3, 0.4) is 0 Å². The van der Waals surface area contributed by atoms with E-state index in [0.29, 0.717) is 24.0 Å². The summed E-state index contributed by atoms with van der Waals surface area (Å²) in [5.74, 6) is 0.955. The van der Waals surface area contributed by atoms with Gasteiger partial charge in [0, 0.05) is 0 Å². The molecule has 0 saturated heterocycles. The zero-order valence-electron chi connectivity index (χ0n) is 11.7. The Bertz CT molecular complexity index is 435. The van der Waals surface area contributed by atoms with Crippen LogP contribution in [-0.2, 0) is 12.8 Å². The maximum atomic E-state index is 9.26. The van der Waals surface area contributed by atoms with Crippen molar-refractivity contribution in [3.63, 3.8) is 0 Å². The molecular weight excluding hydrogens is 226 g/mol. The highest BCUT2D eigenvalue weighted by Gasteiger charge is 2.15. The zero-order chi connectivity index (χ0) is 13.5. The average Bonchev–Trinajstić information content (AvgIpc) is 2.37. The number of aromatic nitrogens is 2. The van der Waals surface area contributed by atoms with Crippen LogP contribution in [0.25, 0.3) is 0 Å². The molecule has 4 nitrogen and oxygen atoms in total. The Morgan fingerprint density at radius 3 is 2.44 bits per heavy atom. The Kier molecular flexibility index (Phi) is 5.57. The number of rotatable bonds is 6. The Balaban J connectivity index is 2.95. The van der Waals surface area contributed by atoms with Crippen molar-refractivity contribution < 1.29 is 4.74 Å². The van der Waals surface area contributed by atoms with E-state index >= 15 is 0 Å². The zero-order valence-corrected chi connectivity index (χ0v) is 11.7. The number of hydrogen-bond donors (Lipinski definition) is 0. The fourth-order valence-corrected chi connectivity index (χ4v) is 1.76. The lowest BCUT2D eigenvalue weighted by Gasteiger charge is -2.12. The Morgan fingerprint density at radius 1 is 1.22 bits per heavy atom. The van der Waals surface area contributed by atoms with Gasteiger partial charge in [-0.15, -0.1) is 5.10 Å². The molecule has 0 amide bonds. The molecule has 0 radical (unpaired) electrons. The lowest BCUT2D eigenvalue weighted by Crippen LogP contribution is -2.09. The standard InChI is InChI=1S/C14H21N3O/c1-5-11-12(9-15)14(17-16-13(11)6-2)18-8-7-10(3)4/h10H,5-8H2,1-4H3. The maximum absolute atomic E-state index is 9.26. The molecule has 0 aliphatic carbocycles. The van der Waals surface area contributed by atoms with Crippen LogP contribution in [-0.4, -0.2) is 16.8 Å². The molecule has 1 rings (SSSR count). The quantitative estimate of drug-likeness (QED) is 0.775. The van der Waals surface area contributed by atoms with Gasteiger partial charge < -0.3 is 4.74 Å². The van der Waals surface area contributed by atoms with E-state index in [-0.39, 0.29) is 0 Å². The van der Waals surface area contributed by atoms with Gasteiger partial charge in [0.25, 0.3) is 5.88 Å². The topological polar surface area (TPSA) is 58.8 Å². The summed E-state index contributed by atoms with van der Waals surface area (Å²) in [6, 6.07) is 2.20. The Morgan fingerprint density at radius 2 is 1.94 bits per heavy atom. The second-order valence-electron chi connectivity index (χ2n) is 4.66. The van der Waals surface area contributed by atoms with E-state index in [9.17, 15) is 5.26 Å². The summed E-state index contributed by atoms with van der Waals surface area (Å²) in [5, 5.41) is 17.4. The average molecular weight is 247 g/mol. The van der Waals surface area contributed by atoms with Crippen LogP contribution in [0.5, 0.6) is 5.88 Å². The van der Waals surface area contributed by atoms with Crippen LogP contribution >= 0.6 is 0 Å². The summed E-state index contributed by atoms with van der Waals surface area (Å²) < 4.78 is 5.58. The predicted octanol–water partition coefficient (Wildman–Crippen LogP) is 2.90. The molecule has 0 aliphatic heterocycles. The van der Waals surface area contributed by atoms with Crippen molar-refractivity contribution in [2.75, 3.05) is 6.61 Å². The highest BCUT2D eigenvalue weighted by molar-refractivity contribution is 5.46. The minimum absolute atomic E-state index is 0.382. The number of nitriles is 1. The van der Waals surface area contributed by atoms with Gasteiger partial charge in [-0.3, -0.25) is 0 Å². The molecule has 18 heavy (non-hydrogen) atoms. The van der Waals surface area contributed by atoms with Crippen molar-refractivity contribution in [3.05, 3.63) is 16.8 Å². The molecule has 0 saturated carbocycles. The maximum Gasteiger partial charge on any atom is 0.251 e. The van der Waals surface area contributed by atoms with Crippen LogP contribution in [0.1, 0.15) is 50.9 Å². The number of hydrogen-bond acceptors (Lipinski definition) is 4. The van der Waals surface area contributed by atoms with Crippen molar-refractivity contribution in [2.24, 2.45) is 5.92 Å². The van der Waals surface area contributed by atoms with Gasteiger partial charge in [0.1, 0.15) is 11.6 Å². The summed E-state index contributed by atoms with van der Waals surface area (Å²) >= 11 is 0. The van der Waals surface area contributed by atoms with Gasteiger partial charge in [-0.1, -0.05) is 27.7 Å². The third-order valence-corrected chi connectivity index (χ3v) is 2.86. The van der Waals surface area contributed by atoms with Gasteiger partial charge in [-0.25, -0.2) is 0 Å². The first kappa shape index (κ1) is 14.4. The molecule has 0 bridgehead atoms. The predicted molar refractivity (Wildman–Crippen MR) is 70.5 cm³/mol. The summed E-state index contributed by atoms with van der Waals surface area (Å²) in [5.41, 5.74) is 2.41. The molecule has 0 aliphatic rings. The Labute approximate surface area is 109 Å². The van der Waals surface area contributed by atoms with Gasteiger partial charge in [0.05, 0.1) is 12.3 Å². The molecule has 1 aromatic heterocycles. The molecule has 0 N–H and O–H groups in total. The fraction of sp³-hybridized carbons (Fsp3) is 0.643. The first-order chi connectivity index (χ1) is 8.63. The highest BCUT2D eigenvalue weighted by Crippen LogP contribution is 2.22. The monoisotopic (exact) mass is 247 g/mol. The van der Waals surface area contributed by atoms with Gasteiger partial charge >= 0.3 is 0 Å². The third-order valence-electron chi connectivity index (χ3n) is 2.86. The normalized spacial score (nSPS) is 10.4. The first-order valence-corrected chi connectivity index (χ1v) is 6.55. The molecule has 4 heteroatoms. The smallest absolute Gasteiger partial charge is 0.251 e. The van der Waals surface area contributed by atoms with Crippen LogP contribution in [0, 0.1) is 17.2 Å². The molecule has 98 valence electrons. The summed E-state index contributed by atoms with van der Waals surface area (Å²) in [4.78, 5) is 0. The lowest BCUT2D eigenvalue weighted by atomic mass is 10.0. The van der Waals surface area contributed by atoms with Crippen molar-refractivity contribution >= 4 is 0 Å². The fourth-order valence-electron chi connectivity index (χ4n) is 1.76. The van der Waals surface area contributed by atoms with E-state index in [0.717, 1.165) is 30.5 Å².